The van der Waals surface area contributed by atoms with Crippen molar-refractivity contribution in [2.24, 2.45) is 0 Å². The van der Waals surface area contributed by atoms with Gasteiger partial charge in [-0.1, -0.05) is 0 Å². The fraction of sp³-hybridized carbons (Fsp3) is 0. The van der Waals surface area contributed by atoms with Crippen LogP contribution < -0.4 is 0 Å². The van der Waals surface area contributed by atoms with Crippen LogP contribution in [0.1, 0.15) is 5.56 Å². The molecule has 0 nitrogen and oxygen atoms in total. The molecule has 0 saturated heterocycles. The van der Waals surface area contributed by atoms with Crippen LogP contribution in [0.4, 0.5) is 0 Å². The SMILES string of the molecule is C=[C+]c1ccccc1. The first-order valence-electron chi connectivity index (χ1n) is 2.51. The fourth-order valence-corrected chi connectivity index (χ4v) is 0.556. The molecule has 1 rings (SSSR count). The van der Waals surface area contributed by atoms with E-state index in [1.165, 1.54) is 0 Å². The molecule has 0 heteroatoms. The second-order valence-electron chi connectivity index (χ2n) is 1.54. The van der Waals surface area contributed by atoms with Crippen LogP contribution in [-0.2, 0) is 0 Å². The molecule has 0 radical (unpaired) electrons. The number of hydrogen-bond donors (Lipinski definition) is 0. The van der Waals surface area contributed by atoms with Crippen LogP contribution in [0.5, 0.6) is 0 Å². The Labute approximate surface area is 49.5 Å². The fourth-order valence-electron chi connectivity index (χ4n) is 0.556. The zero-order valence-corrected chi connectivity index (χ0v) is 4.59. The largest absolute Gasteiger partial charge is 0.187 e. The number of hydrogen-bond acceptors (Lipinski definition) is 0. The summed E-state index contributed by atoms with van der Waals surface area (Å²) in [6.07, 6.45) is 2.78. The molecular weight excluding hydrogens is 96.1 g/mol. The third-order valence-corrected chi connectivity index (χ3v) is 0.978. The summed E-state index contributed by atoms with van der Waals surface area (Å²) in [5, 5.41) is 0. The maximum Gasteiger partial charge on any atom is 0.187 e. The maximum absolute atomic E-state index is 3.51. The monoisotopic (exact) mass is 103 g/mol. The van der Waals surface area contributed by atoms with E-state index in [0.717, 1.165) is 5.56 Å². The minimum absolute atomic E-state index is 1.05. The van der Waals surface area contributed by atoms with E-state index in [-0.39, 0.29) is 0 Å². The first kappa shape index (κ1) is 5.02. The summed E-state index contributed by atoms with van der Waals surface area (Å²) in [5.74, 6) is 0. The lowest BCUT2D eigenvalue weighted by molar-refractivity contribution is 1.59. The van der Waals surface area contributed by atoms with Gasteiger partial charge < -0.3 is 0 Å². The Hall–Kier alpha value is -1.13. The average molecular weight is 103 g/mol. The quantitative estimate of drug-likeness (QED) is 0.477. The first-order valence-corrected chi connectivity index (χ1v) is 2.51. The Balaban J connectivity index is 2.99. The molecule has 0 saturated carbocycles. The lowest BCUT2D eigenvalue weighted by atomic mass is 10.2. The predicted molar refractivity (Wildman–Crippen MR) is 34.4 cm³/mol. The number of rotatable bonds is 1. The summed E-state index contributed by atoms with van der Waals surface area (Å²) < 4.78 is 0. The average Bonchev–Trinajstić information content (AvgIpc) is 1.90. The molecular formula is C8H7+. The van der Waals surface area contributed by atoms with Gasteiger partial charge in [0.1, 0.15) is 0 Å². The van der Waals surface area contributed by atoms with E-state index >= 15 is 0 Å². The van der Waals surface area contributed by atoms with E-state index in [1.807, 2.05) is 30.3 Å². The van der Waals surface area contributed by atoms with Crippen molar-refractivity contribution in [2.45, 2.75) is 0 Å². The van der Waals surface area contributed by atoms with Gasteiger partial charge in [0.15, 0.2) is 5.56 Å². The van der Waals surface area contributed by atoms with Gasteiger partial charge in [-0.05, 0) is 18.2 Å². The van der Waals surface area contributed by atoms with E-state index in [2.05, 4.69) is 12.7 Å². The first-order chi connectivity index (χ1) is 3.93. The summed E-state index contributed by atoms with van der Waals surface area (Å²) in [4.78, 5) is 0. The van der Waals surface area contributed by atoms with Crippen molar-refractivity contribution in [1.82, 2.24) is 0 Å². The van der Waals surface area contributed by atoms with Gasteiger partial charge in [-0.3, -0.25) is 0 Å². The summed E-state index contributed by atoms with van der Waals surface area (Å²) in [5.41, 5.74) is 1.05. The topological polar surface area (TPSA) is 0 Å². The van der Waals surface area contributed by atoms with Crippen molar-refractivity contribution in [3.63, 3.8) is 0 Å². The highest BCUT2D eigenvalue weighted by Crippen LogP contribution is 1.94. The van der Waals surface area contributed by atoms with Gasteiger partial charge >= 0.3 is 0 Å². The molecule has 0 aliphatic carbocycles. The van der Waals surface area contributed by atoms with Gasteiger partial charge in [0.25, 0.3) is 0 Å². The van der Waals surface area contributed by atoms with Crippen molar-refractivity contribution < 1.29 is 0 Å². The number of benzene rings is 1. The van der Waals surface area contributed by atoms with Crippen molar-refractivity contribution in [2.75, 3.05) is 0 Å². The van der Waals surface area contributed by atoms with Crippen LogP contribution in [0, 0.1) is 6.08 Å². The van der Waals surface area contributed by atoms with Crippen LogP contribution >= 0.6 is 0 Å². The normalized spacial score (nSPS) is 8.00. The Bertz CT molecular complexity index is 163. The lowest BCUT2D eigenvalue weighted by Crippen LogP contribution is -1.66. The molecule has 0 aromatic heterocycles. The van der Waals surface area contributed by atoms with Crippen molar-refractivity contribution in [3.05, 3.63) is 48.6 Å². The van der Waals surface area contributed by atoms with E-state index in [9.17, 15) is 0 Å². The van der Waals surface area contributed by atoms with Gasteiger partial charge in [-0.2, -0.15) is 0 Å². The minimum Gasteiger partial charge on any atom is -0.0355 e. The van der Waals surface area contributed by atoms with Crippen LogP contribution in [0.2, 0.25) is 0 Å². The van der Waals surface area contributed by atoms with E-state index < -0.39 is 0 Å². The molecule has 1 aromatic carbocycles. The van der Waals surface area contributed by atoms with Gasteiger partial charge in [-0.25, -0.2) is 0 Å². The Morgan fingerprint density at radius 1 is 1.12 bits per heavy atom. The summed E-state index contributed by atoms with van der Waals surface area (Å²) in [6, 6.07) is 9.84. The molecule has 8 heavy (non-hydrogen) atoms. The zero-order valence-electron chi connectivity index (χ0n) is 4.59. The van der Waals surface area contributed by atoms with Crippen LogP contribution in [0.3, 0.4) is 0 Å². The molecule has 0 N–H and O–H groups in total. The smallest absolute Gasteiger partial charge is 0.0355 e. The van der Waals surface area contributed by atoms with E-state index in [1.54, 1.807) is 0 Å². The van der Waals surface area contributed by atoms with Crippen molar-refractivity contribution in [1.29, 1.82) is 0 Å². The molecule has 0 atom stereocenters. The minimum atomic E-state index is 1.05. The van der Waals surface area contributed by atoms with Gasteiger partial charge in [0, 0.05) is 12.7 Å². The Morgan fingerprint density at radius 3 is 2.12 bits per heavy atom. The summed E-state index contributed by atoms with van der Waals surface area (Å²) >= 11 is 0. The van der Waals surface area contributed by atoms with Crippen LogP contribution in [0.15, 0.2) is 36.9 Å². The van der Waals surface area contributed by atoms with Crippen LogP contribution in [0.25, 0.3) is 0 Å². The Kier molecular flexibility index (Phi) is 1.41. The third kappa shape index (κ3) is 0.927. The summed E-state index contributed by atoms with van der Waals surface area (Å²) in [6.45, 7) is 3.51. The third-order valence-electron chi connectivity index (χ3n) is 0.978. The highest BCUT2D eigenvalue weighted by atomic mass is 13.8. The van der Waals surface area contributed by atoms with Gasteiger partial charge in [0.05, 0.1) is 12.1 Å². The second kappa shape index (κ2) is 2.25. The standard InChI is InChI=1S/C8H7/c1-2-8-6-4-3-5-7-8/h3-7H,1H2/q+1. The lowest BCUT2D eigenvalue weighted by Gasteiger charge is -1.73. The molecule has 0 unspecified atom stereocenters. The Morgan fingerprint density at radius 2 is 1.75 bits per heavy atom. The molecule has 38 valence electrons. The highest BCUT2D eigenvalue weighted by Gasteiger charge is 1.88. The van der Waals surface area contributed by atoms with Crippen LogP contribution in [-0.4, -0.2) is 0 Å². The van der Waals surface area contributed by atoms with Gasteiger partial charge in [0.2, 0.25) is 0 Å². The highest BCUT2D eigenvalue weighted by molar-refractivity contribution is 5.19. The molecule has 0 aliphatic rings. The molecule has 0 amide bonds. The molecule has 0 spiro atoms. The molecule has 0 heterocycles. The van der Waals surface area contributed by atoms with E-state index in [4.69, 9.17) is 0 Å². The van der Waals surface area contributed by atoms with Gasteiger partial charge in [-0.15, -0.1) is 0 Å². The van der Waals surface area contributed by atoms with Crippen molar-refractivity contribution in [3.8, 4) is 0 Å². The molecule has 1 aromatic rings. The maximum atomic E-state index is 3.51. The second-order valence-corrected chi connectivity index (χ2v) is 1.54. The molecule has 0 aliphatic heterocycles. The van der Waals surface area contributed by atoms with Crippen molar-refractivity contribution >= 4 is 0 Å². The molecule has 0 fully saturated rings. The summed E-state index contributed by atoms with van der Waals surface area (Å²) in [7, 11) is 0. The predicted octanol–water partition coefficient (Wildman–Crippen LogP) is 2.02. The van der Waals surface area contributed by atoms with E-state index in [0.29, 0.717) is 0 Å². The zero-order chi connectivity index (χ0) is 5.82. The molecule has 0 bridgehead atoms.